The summed E-state index contributed by atoms with van der Waals surface area (Å²) in [6, 6.07) is 13.6. The highest BCUT2D eigenvalue weighted by molar-refractivity contribution is 6.05. The van der Waals surface area contributed by atoms with Gasteiger partial charge in [0.25, 0.3) is 5.91 Å². The van der Waals surface area contributed by atoms with Crippen molar-refractivity contribution in [2.45, 2.75) is 20.4 Å². The molecule has 3 aromatic rings. The highest BCUT2D eigenvalue weighted by Gasteiger charge is 2.14. The van der Waals surface area contributed by atoms with Gasteiger partial charge in [0, 0.05) is 44.0 Å². The fourth-order valence-electron chi connectivity index (χ4n) is 3.53. The van der Waals surface area contributed by atoms with E-state index in [2.05, 4.69) is 44.3 Å². The van der Waals surface area contributed by atoms with Gasteiger partial charge in [-0.2, -0.15) is 0 Å². The van der Waals surface area contributed by atoms with Crippen LogP contribution in [-0.4, -0.2) is 58.9 Å². The molecule has 2 heterocycles. The number of rotatable bonds is 4. The molecule has 1 fully saturated rings. The third kappa shape index (κ3) is 4.60. The molecular weight excluding hydrogens is 362 g/mol. The number of carbonyl (C=O) groups is 1. The Balaban J connectivity index is 1.41. The van der Waals surface area contributed by atoms with Crippen LogP contribution >= 0.6 is 0 Å². The van der Waals surface area contributed by atoms with Gasteiger partial charge in [-0.1, -0.05) is 12.1 Å². The Bertz CT molecular complexity index is 1020. The van der Waals surface area contributed by atoms with Crippen LogP contribution in [0.1, 0.15) is 27.3 Å². The molecule has 0 atom stereocenters. The topological polar surface area (TPSA) is 61.4 Å². The second-order valence-corrected chi connectivity index (χ2v) is 7.83. The van der Waals surface area contributed by atoms with Gasteiger partial charge in [-0.3, -0.25) is 9.69 Å². The average molecular weight is 390 g/mol. The molecule has 6 heteroatoms. The van der Waals surface area contributed by atoms with Gasteiger partial charge in [0.05, 0.1) is 22.4 Å². The average Bonchev–Trinajstić information content (AvgIpc) is 2.71. The minimum Gasteiger partial charge on any atom is -0.322 e. The monoisotopic (exact) mass is 389 g/mol. The molecule has 0 aliphatic carbocycles. The summed E-state index contributed by atoms with van der Waals surface area (Å²) in [5, 5.41) is 2.98. The summed E-state index contributed by atoms with van der Waals surface area (Å²) in [5.41, 5.74) is 5.97. The van der Waals surface area contributed by atoms with Gasteiger partial charge in [-0.25, -0.2) is 9.97 Å². The molecule has 2 aromatic carbocycles. The highest BCUT2D eigenvalue weighted by atomic mass is 16.1. The zero-order valence-corrected chi connectivity index (χ0v) is 17.3. The van der Waals surface area contributed by atoms with Crippen LogP contribution in [0.15, 0.2) is 42.5 Å². The lowest BCUT2D eigenvalue weighted by molar-refractivity contribution is 0.102. The summed E-state index contributed by atoms with van der Waals surface area (Å²) in [4.78, 5) is 26.6. The molecule has 1 saturated heterocycles. The Kier molecular flexibility index (Phi) is 5.56. The summed E-state index contributed by atoms with van der Waals surface area (Å²) in [5.74, 6) is -0.140. The minimum atomic E-state index is -0.140. The van der Waals surface area contributed by atoms with E-state index in [1.807, 2.05) is 32.0 Å². The summed E-state index contributed by atoms with van der Waals surface area (Å²) in [7, 11) is 2.17. The number of hydrogen-bond acceptors (Lipinski definition) is 5. The molecule has 0 radical (unpaired) electrons. The maximum atomic E-state index is 12.7. The third-order valence-electron chi connectivity index (χ3n) is 5.55. The smallest absolute Gasteiger partial charge is 0.255 e. The third-order valence-corrected chi connectivity index (χ3v) is 5.55. The summed E-state index contributed by atoms with van der Waals surface area (Å²) >= 11 is 0. The van der Waals surface area contributed by atoms with Crippen LogP contribution in [0.3, 0.4) is 0 Å². The molecule has 0 saturated carbocycles. The minimum absolute atomic E-state index is 0.140. The number of amides is 1. The maximum absolute atomic E-state index is 12.7. The lowest BCUT2D eigenvalue weighted by Gasteiger charge is -2.32. The largest absolute Gasteiger partial charge is 0.322 e. The number of piperazine rings is 1. The van der Waals surface area contributed by atoms with Gasteiger partial charge >= 0.3 is 0 Å². The summed E-state index contributed by atoms with van der Waals surface area (Å²) in [6.45, 7) is 9.24. The molecule has 29 heavy (non-hydrogen) atoms. The van der Waals surface area contributed by atoms with Crippen LogP contribution in [0, 0.1) is 13.8 Å². The van der Waals surface area contributed by atoms with Crippen molar-refractivity contribution < 1.29 is 4.79 Å². The first-order chi connectivity index (χ1) is 14.0. The predicted octanol–water partition coefficient (Wildman–Crippen LogP) is 3.25. The van der Waals surface area contributed by atoms with Crippen LogP contribution < -0.4 is 5.32 Å². The number of likely N-dealkylation sites (N-methyl/N-ethyl adjacent to an activating group) is 1. The molecule has 1 N–H and O–H groups in total. The van der Waals surface area contributed by atoms with E-state index in [0.717, 1.165) is 60.8 Å². The molecular formula is C23H27N5O. The fraction of sp³-hybridized carbons (Fsp3) is 0.348. The SMILES string of the molecule is Cc1nc2ccc(C(=O)Nc3ccc(CN4CCN(C)CC4)cc3)cc2nc1C. The van der Waals surface area contributed by atoms with E-state index in [0.29, 0.717) is 5.56 Å². The van der Waals surface area contributed by atoms with Gasteiger partial charge in [0.15, 0.2) is 0 Å². The molecule has 1 aliphatic rings. The molecule has 4 rings (SSSR count). The van der Waals surface area contributed by atoms with E-state index in [4.69, 9.17) is 0 Å². The molecule has 0 spiro atoms. The standard InChI is InChI=1S/C23H27N5O/c1-16-17(2)25-22-14-19(6-9-21(22)24-16)23(29)26-20-7-4-18(5-8-20)15-28-12-10-27(3)11-13-28/h4-9,14H,10-13,15H2,1-3H3,(H,26,29). The number of nitrogens with one attached hydrogen (secondary N) is 1. The van der Waals surface area contributed by atoms with Gasteiger partial charge < -0.3 is 10.2 Å². The lowest BCUT2D eigenvalue weighted by Crippen LogP contribution is -2.43. The summed E-state index contributed by atoms with van der Waals surface area (Å²) < 4.78 is 0. The Morgan fingerprint density at radius 2 is 1.59 bits per heavy atom. The second kappa shape index (κ2) is 8.27. The first-order valence-corrected chi connectivity index (χ1v) is 10.0. The molecule has 150 valence electrons. The second-order valence-electron chi connectivity index (χ2n) is 7.83. The van der Waals surface area contributed by atoms with Crippen LogP contribution in [-0.2, 0) is 6.54 Å². The van der Waals surface area contributed by atoms with Crippen molar-refractivity contribution in [1.29, 1.82) is 0 Å². The number of carbonyl (C=O) groups excluding carboxylic acids is 1. The number of benzene rings is 2. The van der Waals surface area contributed by atoms with E-state index in [1.54, 1.807) is 12.1 Å². The number of anilines is 1. The zero-order valence-electron chi connectivity index (χ0n) is 17.3. The van der Waals surface area contributed by atoms with Crippen molar-refractivity contribution >= 4 is 22.6 Å². The Hall–Kier alpha value is -2.83. The highest BCUT2D eigenvalue weighted by Crippen LogP contribution is 2.17. The maximum Gasteiger partial charge on any atom is 0.255 e. The zero-order chi connectivity index (χ0) is 20.4. The molecule has 0 bridgehead atoms. The van der Waals surface area contributed by atoms with Gasteiger partial charge in [0.2, 0.25) is 0 Å². The van der Waals surface area contributed by atoms with E-state index >= 15 is 0 Å². The Morgan fingerprint density at radius 3 is 2.28 bits per heavy atom. The predicted molar refractivity (Wildman–Crippen MR) is 116 cm³/mol. The number of fused-ring (bicyclic) bond motifs is 1. The van der Waals surface area contributed by atoms with Crippen molar-refractivity contribution in [3.05, 3.63) is 65.0 Å². The van der Waals surface area contributed by atoms with Crippen molar-refractivity contribution in [2.75, 3.05) is 38.5 Å². The number of nitrogens with zero attached hydrogens (tertiary/aromatic N) is 4. The summed E-state index contributed by atoms with van der Waals surface area (Å²) in [6.07, 6.45) is 0. The van der Waals surface area contributed by atoms with E-state index in [-0.39, 0.29) is 5.91 Å². The number of aromatic nitrogens is 2. The molecule has 1 aliphatic heterocycles. The normalized spacial score (nSPS) is 15.6. The van der Waals surface area contributed by atoms with Crippen molar-refractivity contribution in [3.63, 3.8) is 0 Å². The van der Waals surface area contributed by atoms with Crippen molar-refractivity contribution in [1.82, 2.24) is 19.8 Å². The van der Waals surface area contributed by atoms with Crippen molar-refractivity contribution in [2.24, 2.45) is 0 Å². The van der Waals surface area contributed by atoms with E-state index in [9.17, 15) is 4.79 Å². The first kappa shape index (κ1) is 19.5. The Morgan fingerprint density at radius 1 is 0.931 bits per heavy atom. The number of aryl methyl sites for hydroxylation is 2. The van der Waals surface area contributed by atoms with E-state index < -0.39 is 0 Å². The Labute approximate surface area is 171 Å². The molecule has 6 nitrogen and oxygen atoms in total. The van der Waals surface area contributed by atoms with Crippen LogP contribution in [0.5, 0.6) is 0 Å². The van der Waals surface area contributed by atoms with Crippen LogP contribution in [0.25, 0.3) is 11.0 Å². The number of hydrogen-bond donors (Lipinski definition) is 1. The first-order valence-electron chi connectivity index (χ1n) is 10.0. The van der Waals surface area contributed by atoms with Gasteiger partial charge in [0.1, 0.15) is 0 Å². The lowest BCUT2D eigenvalue weighted by atomic mass is 10.1. The van der Waals surface area contributed by atoms with Gasteiger partial charge in [-0.15, -0.1) is 0 Å². The van der Waals surface area contributed by atoms with Gasteiger partial charge in [-0.05, 0) is 56.8 Å². The van der Waals surface area contributed by atoms with Crippen LogP contribution in [0.4, 0.5) is 5.69 Å². The van der Waals surface area contributed by atoms with Crippen molar-refractivity contribution in [3.8, 4) is 0 Å². The quantitative estimate of drug-likeness (QED) is 0.742. The molecule has 0 unspecified atom stereocenters. The van der Waals surface area contributed by atoms with Crippen LogP contribution in [0.2, 0.25) is 0 Å². The fourth-order valence-corrected chi connectivity index (χ4v) is 3.53. The molecule has 1 aromatic heterocycles. The van der Waals surface area contributed by atoms with E-state index in [1.165, 1.54) is 5.56 Å². The molecule has 1 amide bonds.